The number of rotatable bonds is 4. The number of halogens is 1. The highest BCUT2D eigenvalue weighted by Gasteiger charge is 2.02. The Balaban J connectivity index is 2.69. The smallest absolute Gasteiger partial charge is 0.0314 e. The Labute approximate surface area is 98.6 Å². The minimum Gasteiger partial charge on any atom is -0.326 e. The minimum absolute atomic E-state index is 0.605. The quantitative estimate of drug-likeness (QED) is 0.848. The van der Waals surface area contributed by atoms with Crippen LogP contribution >= 0.6 is 27.7 Å². The molecule has 1 rings (SSSR count). The summed E-state index contributed by atoms with van der Waals surface area (Å²) in [5, 5.41) is 0. The predicted molar refractivity (Wildman–Crippen MR) is 67.6 cm³/mol. The molecule has 0 spiro atoms. The molecule has 0 saturated carbocycles. The summed E-state index contributed by atoms with van der Waals surface area (Å²) in [7, 11) is 0. The van der Waals surface area contributed by atoms with Crippen molar-refractivity contribution in [1.82, 2.24) is 0 Å². The van der Waals surface area contributed by atoms with Gasteiger partial charge in [0.05, 0.1) is 0 Å². The average Bonchev–Trinajstić information content (AvgIpc) is 2.15. The van der Waals surface area contributed by atoms with E-state index in [0.29, 0.717) is 6.54 Å². The number of benzene rings is 1. The Hall–Kier alpha value is 0.01000. The molecule has 0 aliphatic carbocycles. The number of hydrogen-bond donors (Lipinski definition) is 1. The van der Waals surface area contributed by atoms with E-state index < -0.39 is 0 Å². The van der Waals surface area contributed by atoms with Gasteiger partial charge in [0, 0.05) is 21.7 Å². The van der Waals surface area contributed by atoms with Gasteiger partial charge < -0.3 is 5.73 Å². The first kappa shape index (κ1) is 12.1. The highest BCUT2D eigenvalue weighted by atomic mass is 79.9. The number of nitrogens with two attached hydrogens (primary N) is 1. The number of thioether (sulfide) groups is 1. The van der Waals surface area contributed by atoms with Crippen LogP contribution in [0.15, 0.2) is 27.6 Å². The molecule has 0 saturated heterocycles. The summed E-state index contributed by atoms with van der Waals surface area (Å²) in [5.41, 5.74) is 6.74. The van der Waals surface area contributed by atoms with Crippen LogP contribution in [0.3, 0.4) is 0 Å². The summed E-state index contributed by atoms with van der Waals surface area (Å²) < 4.78 is 1.16. The van der Waals surface area contributed by atoms with E-state index in [9.17, 15) is 0 Å². The zero-order valence-corrected chi connectivity index (χ0v) is 11.0. The molecule has 0 bridgehead atoms. The molecule has 14 heavy (non-hydrogen) atoms. The van der Waals surface area contributed by atoms with Gasteiger partial charge >= 0.3 is 0 Å². The van der Waals surface area contributed by atoms with Crippen molar-refractivity contribution in [3.63, 3.8) is 0 Å². The molecule has 3 heteroatoms. The third-order valence-electron chi connectivity index (χ3n) is 1.80. The molecule has 0 amide bonds. The fourth-order valence-corrected chi connectivity index (χ4v) is 2.69. The van der Waals surface area contributed by atoms with Crippen LogP contribution in [0.25, 0.3) is 0 Å². The molecular formula is C11H16BrNS. The van der Waals surface area contributed by atoms with Crippen molar-refractivity contribution in [2.45, 2.75) is 25.3 Å². The van der Waals surface area contributed by atoms with Crippen molar-refractivity contribution in [2.75, 3.05) is 5.75 Å². The van der Waals surface area contributed by atoms with Crippen molar-refractivity contribution < 1.29 is 0 Å². The normalized spacial score (nSPS) is 10.9. The van der Waals surface area contributed by atoms with Crippen molar-refractivity contribution in [3.8, 4) is 0 Å². The monoisotopic (exact) mass is 273 g/mol. The van der Waals surface area contributed by atoms with Crippen LogP contribution in [-0.4, -0.2) is 5.75 Å². The van der Waals surface area contributed by atoms with E-state index in [-0.39, 0.29) is 0 Å². The molecule has 1 nitrogen and oxygen atoms in total. The Morgan fingerprint density at radius 2 is 2.14 bits per heavy atom. The first-order valence-electron chi connectivity index (χ1n) is 4.74. The van der Waals surface area contributed by atoms with Crippen molar-refractivity contribution >= 4 is 27.7 Å². The Morgan fingerprint density at radius 3 is 2.64 bits per heavy atom. The van der Waals surface area contributed by atoms with Crippen LogP contribution in [0.2, 0.25) is 0 Å². The van der Waals surface area contributed by atoms with Gasteiger partial charge in [0.1, 0.15) is 0 Å². The lowest BCUT2D eigenvalue weighted by atomic mass is 10.2. The highest BCUT2D eigenvalue weighted by molar-refractivity contribution is 9.10. The molecule has 78 valence electrons. The third kappa shape index (κ3) is 3.64. The van der Waals surface area contributed by atoms with Crippen molar-refractivity contribution in [1.29, 1.82) is 0 Å². The average molecular weight is 274 g/mol. The van der Waals surface area contributed by atoms with Gasteiger partial charge in [-0.15, -0.1) is 11.8 Å². The van der Waals surface area contributed by atoms with Gasteiger partial charge in [-0.2, -0.15) is 0 Å². The molecule has 0 aliphatic heterocycles. The van der Waals surface area contributed by atoms with Crippen LogP contribution in [0.1, 0.15) is 19.4 Å². The van der Waals surface area contributed by atoms with Crippen LogP contribution < -0.4 is 5.73 Å². The van der Waals surface area contributed by atoms with Gasteiger partial charge in [-0.3, -0.25) is 0 Å². The zero-order chi connectivity index (χ0) is 10.6. The SMILES string of the molecule is CC(C)CSc1ccc(CN)cc1Br. The molecule has 0 aromatic heterocycles. The van der Waals surface area contributed by atoms with E-state index in [1.54, 1.807) is 0 Å². The molecule has 1 aromatic carbocycles. The summed E-state index contributed by atoms with van der Waals surface area (Å²) in [6, 6.07) is 6.33. The molecule has 1 aromatic rings. The van der Waals surface area contributed by atoms with Gasteiger partial charge in [-0.1, -0.05) is 19.9 Å². The van der Waals surface area contributed by atoms with Gasteiger partial charge in [0.25, 0.3) is 0 Å². The Morgan fingerprint density at radius 1 is 1.43 bits per heavy atom. The van der Waals surface area contributed by atoms with Gasteiger partial charge in [0.15, 0.2) is 0 Å². The maximum Gasteiger partial charge on any atom is 0.0314 e. The first-order valence-corrected chi connectivity index (χ1v) is 6.52. The van der Waals surface area contributed by atoms with Gasteiger partial charge in [-0.25, -0.2) is 0 Å². The molecule has 0 heterocycles. The van der Waals surface area contributed by atoms with Crippen LogP contribution in [-0.2, 0) is 6.54 Å². The number of hydrogen-bond acceptors (Lipinski definition) is 2. The summed E-state index contributed by atoms with van der Waals surface area (Å²) in [6.45, 7) is 5.07. The highest BCUT2D eigenvalue weighted by Crippen LogP contribution is 2.29. The van der Waals surface area contributed by atoms with Gasteiger partial charge in [0.2, 0.25) is 0 Å². The van der Waals surface area contributed by atoms with E-state index in [4.69, 9.17) is 5.73 Å². The van der Waals surface area contributed by atoms with E-state index in [1.165, 1.54) is 10.5 Å². The molecule has 0 atom stereocenters. The predicted octanol–water partition coefficient (Wildman–Crippen LogP) is 3.66. The zero-order valence-electron chi connectivity index (χ0n) is 8.59. The lowest BCUT2D eigenvalue weighted by Crippen LogP contribution is -1.96. The molecule has 0 radical (unpaired) electrons. The molecule has 0 unspecified atom stereocenters. The maximum absolute atomic E-state index is 5.56. The lowest BCUT2D eigenvalue weighted by Gasteiger charge is -2.07. The summed E-state index contributed by atoms with van der Waals surface area (Å²) >= 11 is 5.45. The van der Waals surface area contributed by atoms with Crippen molar-refractivity contribution in [3.05, 3.63) is 28.2 Å². The van der Waals surface area contributed by atoms with Crippen molar-refractivity contribution in [2.24, 2.45) is 11.7 Å². The summed E-state index contributed by atoms with van der Waals surface area (Å²) in [5.74, 6) is 1.88. The first-order chi connectivity index (χ1) is 6.63. The Bertz CT molecular complexity index is 299. The molecule has 2 N–H and O–H groups in total. The largest absolute Gasteiger partial charge is 0.326 e. The van der Waals surface area contributed by atoms with E-state index in [0.717, 1.165) is 16.1 Å². The van der Waals surface area contributed by atoms with Gasteiger partial charge in [-0.05, 0) is 39.5 Å². The van der Waals surface area contributed by atoms with Crippen LogP contribution in [0.5, 0.6) is 0 Å². The lowest BCUT2D eigenvalue weighted by molar-refractivity contribution is 0.750. The maximum atomic E-state index is 5.56. The summed E-state index contributed by atoms with van der Waals surface area (Å²) in [6.07, 6.45) is 0. The second-order valence-electron chi connectivity index (χ2n) is 3.67. The fraction of sp³-hybridized carbons (Fsp3) is 0.455. The van der Waals surface area contributed by atoms with E-state index in [2.05, 4.69) is 48.0 Å². The van der Waals surface area contributed by atoms with E-state index in [1.807, 2.05) is 11.8 Å². The topological polar surface area (TPSA) is 26.0 Å². The fourth-order valence-electron chi connectivity index (χ4n) is 1.04. The molecular weight excluding hydrogens is 258 g/mol. The van der Waals surface area contributed by atoms with Crippen LogP contribution in [0, 0.1) is 5.92 Å². The molecule has 0 aliphatic rings. The van der Waals surface area contributed by atoms with E-state index >= 15 is 0 Å². The molecule has 0 fully saturated rings. The second kappa shape index (κ2) is 5.79. The Kier molecular flexibility index (Phi) is 4.99. The second-order valence-corrected chi connectivity index (χ2v) is 5.59. The standard InChI is InChI=1S/C11H16BrNS/c1-8(2)7-14-11-4-3-9(6-13)5-10(11)12/h3-5,8H,6-7,13H2,1-2H3. The van der Waals surface area contributed by atoms with Crippen LogP contribution in [0.4, 0.5) is 0 Å². The minimum atomic E-state index is 0.605. The summed E-state index contributed by atoms with van der Waals surface area (Å²) in [4.78, 5) is 1.30. The third-order valence-corrected chi connectivity index (χ3v) is 4.22.